The highest BCUT2D eigenvalue weighted by Crippen LogP contribution is 2.47. The first-order valence-electron chi connectivity index (χ1n) is 22.0. The van der Waals surface area contributed by atoms with Gasteiger partial charge in [-0.15, -0.1) is 11.3 Å². The average Bonchev–Trinajstić information content (AvgIpc) is 4.03. The van der Waals surface area contributed by atoms with E-state index in [1.807, 2.05) is 0 Å². The molecule has 0 N–H and O–H groups in total. The molecule has 0 saturated heterocycles. The van der Waals surface area contributed by atoms with Crippen LogP contribution in [0.2, 0.25) is 0 Å². The van der Waals surface area contributed by atoms with E-state index in [1.54, 1.807) is 11.3 Å². The van der Waals surface area contributed by atoms with Gasteiger partial charge in [0.15, 0.2) is 0 Å². The van der Waals surface area contributed by atoms with Crippen molar-refractivity contribution in [2.24, 2.45) is 0 Å². The van der Waals surface area contributed by atoms with Crippen molar-refractivity contribution in [1.29, 1.82) is 5.26 Å². The quantitative estimate of drug-likeness (QED) is 0.164. The Morgan fingerprint density at radius 2 is 0.692 bits per heavy atom. The first-order chi connectivity index (χ1) is 32.2. The lowest BCUT2D eigenvalue weighted by atomic mass is 10.0. The third-order valence-corrected chi connectivity index (χ3v) is 14.4. The smallest absolute Gasteiger partial charge is 0.104 e. The van der Waals surface area contributed by atoms with Gasteiger partial charge < -0.3 is 9.13 Å². The summed E-state index contributed by atoms with van der Waals surface area (Å²) in [6.45, 7) is 0. The minimum absolute atomic E-state index is 0.625. The molecule has 0 radical (unpaired) electrons. The zero-order valence-electron chi connectivity index (χ0n) is 35.1. The van der Waals surface area contributed by atoms with Crippen LogP contribution in [0, 0.1) is 11.3 Å². The maximum Gasteiger partial charge on any atom is 0.104 e. The van der Waals surface area contributed by atoms with E-state index < -0.39 is 0 Å². The number of rotatable bonds is 6. The second-order valence-electron chi connectivity index (χ2n) is 16.8. The van der Waals surface area contributed by atoms with Crippen molar-refractivity contribution in [2.45, 2.75) is 0 Å². The van der Waals surface area contributed by atoms with Crippen LogP contribution in [0.1, 0.15) is 5.56 Å². The molecule has 0 unspecified atom stereocenters. The van der Waals surface area contributed by atoms with Crippen molar-refractivity contribution in [2.75, 3.05) is 0 Å². The fraction of sp³-hybridized carbons (Fsp3) is 0. The minimum atomic E-state index is 0.625. The Kier molecular flexibility index (Phi) is 8.46. The number of aromatic nitrogens is 2. The normalized spacial score (nSPS) is 11.7. The van der Waals surface area contributed by atoms with E-state index in [9.17, 15) is 5.26 Å². The summed E-state index contributed by atoms with van der Waals surface area (Å²) in [5, 5.41) is 18.7. The second kappa shape index (κ2) is 14.8. The molecule has 0 fully saturated rings. The lowest BCUT2D eigenvalue weighted by molar-refractivity contribution is 1.13. The lowest BCUT2D eigenvalue weighted by Gasteiger charge is -2.18. The molecule has 0 saturated carbocycles. The molecule has 4 heteroatoms. The highest BCUT2D eigenvalue weighted by atomic mass is 32.1. The maximum atomic E-state index is 11.8. The summed E-state index contributed by atoms with van der Waals surface area (Å²) in [6, 6.07) is 83.4. The highest BCUT2D eigenvalue weighted by Gasteiger charge is 2.26. The number of thiophene rings is 1. The van der Waals surface area contributed by atoms with E-state index in [1.165, 1.54) is 21.2 Å². The zero-order valence-corrected chi connectivity index (χ0v) is 35.9. The molecule has 0 aliphatic carbocycles. The van der Waals surface area contributed by atoms with E-state index in [2.05, 4.69) is 240 Å². The van der Waals surface area contributed by atoms with E-state index in [0.717, 1.165) is 98.5 Å². The minimum Gasteiger partial charge on any atom is -0.308 e. The Morgan fingerprint density at radius 1 is 0.323 bits per heavy atom. The molecule has 0 aliphatic rings. The maximum absolute atomic E-state index is 11.8. The number of hydrogen-bond acceptors (Lipinski definition) is 2. The predicted octanol–water partition coefficient (Wildman–Crippen LogP) is 16.8. The largest absolute Gasteiger partial charge is 0.308 e. The van der Waals surface area contributed by atoms with Crippen LogP contribution in [0.3, 0.4) is 0 Å². The van der Waals surface area contributed by atoms with Crippen molar-refractivity contribution in [1.82, 2.24) is 9.13 Å². The molecule has 3 aromatic heterocycles. The van der Waals surface area contributed by atoms with Crippen LogP contribution in [0.15, 0.2) is 224 Å². The standard InChI is InChI=1S/C61H37N3S/c62-38-53-58(63-54-29-25-43(39-15-5-1-6-16-39)33-48(54)49-34-44(26-30-55(49)63)40-17-7-2-8-18-40)37-52-47-23-13-14-24-59(47)65-61(52)60(53)64-56-31-27-45(41-19-9-3-10-20-41)35-50(56)51-36-46(28-32-57(51)64)42-21-11-4-12-22-42/h1-37H. The van der Waals surface area contributed by atoms with Crippen LogP contribution >= 0.6 is 11.3 Å². The van der Waals surface area contributed by atoms with Gasteiger partial charge in [-0.25, -0.2) is 0 Å². The number of nitrogens with zero attached hydrogens (tertiary/aromatic N) is 3. The summed E-state index contributed by atoms with van der Waals surface area (Å²) >= 11 is 1.76. The van der Waals surface area contributed by atoms with Gasteiger partial charge in [0.25, 0.3) is 0 Å². The molecular weight excluding hydrogens is 807 g/mol. The van der Waals surface area contributed by atoms with Gasteiger partial charge in [-0.1, -0.05) is 164 Å². The summed E-state index contributed by atoms with van der Waals surface area (Å²) in [7, 11) is 0. The monoisotopic (exact) mass is 843 g/mol. The van der Waals surface area contributed by atoms with E-state index >= 15 is 0 Å². The summed E-state index contributed by atoms with van der Waals surface area (Å²) in [6.07, 6.45) is 0. The summed E-state index contributed by atoms with van der Waals surface area (Å²) in [5.74, 6) is 0. The Bertz CT molecular complexity index is 3850. The fourth-order valence-electron chi connectivity index (χ4n) is 10.1. The molecule has 13 aromatic rings. The Labute approximate surface area is 379 Å². The summed E-state index contributed by atoms with van der Waals surface area (Å²) < 4.78 is 6.99. The van der Waals surface area contributed by atoms with Gasteiger partial charge in [0, 0.05) is 37.0 Å². The van der Waals surface area contributed by atoms with Crippen molar-refractivity contribution in [3.63, 3.8) is 0 Å². The van der Waals surface area contributed by atoms with Crippen molar-refractivity contribution in [3.8, 4) is 62.0 Å². The van der Waals surface area contributed by atoms with Crippen molar-refractivity contribution < 1.29 is 0 Å². The highest BCUT2D eigenvalue weighted by molar-refractivity contribution is 7.26. The SMILES string of the molecule is N#Cc1c(-n2c3ccc(-c4ccccc4)cc3c3cc(-c4ccccc4)ccc32)cc2c(sc3ccccc32)c1-n1c2ccc(-c3ccccc3)cc2c2cc(-c3ccccc3)ccc21. The zero-order chi connectivity index (χ0) is 43.0. The Morgan fingerprint density at radius 3 is 1.09 bits per heavy atom. The third kappa shape index (κ3) is 5.87. The third-order valence-electron chi connectivity index (χ3n) is 13.2. The molecule has 3 heterocycles. The first kappa shape index (κ1) is 37.1. The van der Waals surface area contributed by atoms with Gasteiger partial charge in [0.05, 0.1) is 38.1 Å². The molecule has 3 nitrogen and oxygen atoms in total. The summed E-state index contributed by atoms with van der Waals surface area (Å²) in [4.78, 5) is 0. The number of nitriles is 1. The molecule has 0 aliphatic heterocycles. The predicted molar refractivity (Wildman–Crippen MR) is 274 cm³/mol. The van der Waals surface area contributed by atoms with Crippen LogP contribution < -0.4 is 0 Å². The first-order valence-corrected chi connectivity index (χ1v) is 22.8. The summed E-state index contributed by atoms with van der Waals surface area (Å²) in [5.41, 5.74) is 15.9. The fourth-order valence-corrected chi connectivity index (χ4v) is 11.3. The van der Waals surface area contributed by atoms with Gasteiger partial charge in [0.1, 0.15) is 11.6 Å². The molecule has 0 amide bonds. The number of benzene rings is 10. The topological polar surface area (TPSA) is 33.6 Å². The van der Waals surface area contributed by atoms with Gasteiger partial charge in [-0.2, -0.15) is 5.26 Å². The van der Waals surface area contributed by atoms with Crippen LogP contribution in [0.4, 0.5) is 0 Å². The molecular formula is C61H37N3S. The average molecular weight is 844 g/mol. The van der Waals surface area contributed by atoms with Gasteiger partial charge in [-0.05, 0) is 105 Å². The Hall–Kier alpha value is -8.49. The van der Waals surface area contributed by atoms with Gasteiger partial charge in [0.2, 0.25) is 0 Å². The molecule has 13 rings (SSSR count). The van der Waals surface area contributed by atoms with Crippen molar-refractivity contribution >= 4 is 75.1 Å². The van der Waals surface area contributed by atoms with Crippen LogP contribution in [-0.2, 0) is 0 Å². The number of fused-ring (bicyclic) bond motifs is 9. The molecule has 0 bridgehead atoms. The van der Waals surface area contributed by atoms with E-state index in [0.29, 0.717) is 5.56 Å². The molecule has 0 spiro atoms. The van der Waals surface area contributed by atoms with Crippen LogP contribution in [0.25, 0.3) is 120 Å². The molecule has 65 heavy (non-hydrogen) atoms. The van der Waals surface area contributed by atoms with Crippen LogP contribution in [0.5, 0.6) is 0 Å². The molecule has 0 atom stereocenters. The van der Waals surface area contributed by atoms with Gasteiger partial charge >= 0.3 is 0 Å². The number of hydrogen-bond donors (Lipinski definition) is 0. The molecule has 10 aromatic carbocycles. The van der Waals surface area contributed by atoms with Crippen LogP contribution in [-0.4, -0.2) is 9.13 Å². The van der Waals surface area contributed by atoms with E-state index in [-0.39, 0.29) is 0 Å². The second-order valence-corrected chi connectivity index (χ2v) is 17.8. The molecule has 302 valence electrons. The Balaban J connectivity index is 1.16. The van der Waals surface area contributed by atoms with Crippen molar-refractivity contribution in [3.05, 3.63) is 230 Å². The van der Waals surface area contributed by atoms with E-state index in [4.69, 9.17) is 0 Å². The lowest BCUT2D eigenvalue weighted by Crippen LogP contribution is -2.04. The van der Waals surface area contributed by atoms with Gasteiger partial charge in [-0.3, -0.25) is 0 Å².